The van der Waals surface area contributed by atoms with E-state index in [9.17, 15) is 9.50 Å². The predicted molar refractivity (Wildman–Crippen MR) is 113 cm³/mol. The summed E-state index contributed by atoms with van der Waals surface area (Å²) in [6.07, 6.45) is 7.29. The summed E-state index contributed by atoms with van der Waals surface area (Å²) in [6, 6.07) is -0.364. The summed E-state index contributed by atoms with van der Waals surface area (Å²) in [7, 11) is 0. The highest BCUT2D eigenvalue weighted by molar-refractivity contribution is 5.93. The lowest BCUT2D eigenvalue weighted by molar-refractivity contribution is 0.214. The van der Waals surface area contributed by atoms with E-state index in [2.05, 4.69) is 26.0 Å². The van der Waals surface area contributed by atoms with Crippen molar-refractivity contribution in [2.45, 2.75) is 57.6 Å². The fraction of sp³-hybridized carbons (Fsp3) is 0.550. The van der Waals surface area contributed by atoms with Crippen LogP contribution < -0.4 is 16.0 Å². The number of hydrogen-bond donors (Lipinski definition) is 4. The van der Waals surface area contributed by atoms with Gasteiger partial charge in [-0.15, -0.1) is 0 Å². The van der Waals surface area contributed by atoms with Crippen LogP contribution in [0.3, 0.4) is 0 Å². The van der Waals surface area contributed by atoms with E-state index in [0.29, 0.717) is 42.8 Å². The molecule has 2 fully saturated rings. The van der Waals surface area contributed by atoms with E-state index in [1.54, 1.807) is 10.8 Å². The monoisotopic (exact) mass is 414 g/mol. The number of anilines is 3. The van der Waals surface area contributed by atoms with E-state index >= 15 is 0 Å². The molecule has 4 N–H and O–H groups in total. The molecule has 1 aliphatic heterocycles. The van der Waals surface area contributed by atoms with Crippen molar-refractivity contribution in [2.24, 2.45) is 0 Å². The van der Waals surface area contributed by atoms with Gasteiger partial charge in [0.2, 0.25) is 5.95 Å². The zero-order valence-electron chi connectivity index (χ0n) is 17.0. The maximum atomic E-state index is 14.5. The van der Waals surface area contributed by atoms with Crippen LogP contribution in [0.1, 0.15) is 37.7 Å². The van der Waals surface area contributed by atoms with Crippen LogP contribution >= 0.6 is 0 Å². The summed E-state index contributed by atoms with van der Waals surface area (Å²) in [5.74, 6) is 1.43. The number of piperidine rings is 1. The smallest absolute Gasteiger partial charge is 0.231 e. The number of hydrogen-bond acceptors (Lipinski definition) is 7. The third-order valence-electron chi connectivity index (χ3n) is 5.85. The lowest BCUT2D eigenvalue weighted by Crippen LogP contribution is -2.46. The van der Waals surface area contributed by atoms with Crippen molar-refractivity contribution in [1.82, 2.24) is 29.6 Å². The molecule has 1 aliphatic carbocycles. The van der Waals surface area contributed by atoms with Crippen molar-refractivity contribution < 1.29 is 9.50 Å². The molecule has 4 heterocycles. The third-order valence-corrected chi connectivity index (χ3v) is 5.85. The molecule has 30 heavy (non-hydrogen) atoms. The molecule has 0 amide bonds. The summed E-state index contributed by atoms with van der Waals surface area (Å²) >= 11 is 0. The van der Waals surface area contributed by atoms with Crippen molar-refractivity contribution in [3.63, 3.8) is 0 Å². The minimum absolute atomic E-state index is 0.177. The zero-order chi connectivity index (χ0) is 20.7. The molecule has 0 radical (unpaired) electrons. The van der Waals surface area contributed by atoms with Crippen molar-refractivity contribution in [1.29, 1.82) is 0 Å². The second-order valence-corrected chi connectivity index (χ2v) is 8.03. The molecule has 0 bridgehead atoms. The van der Waals surface area contributed by atoms with Crippen molar-refractivity contribution in [2.75, 3.05) is 23.7 Å². The van der Waals surface area contributed by atoms with Gasteiger partial charge in [0, 0.05) is 25.5 Å². The maximum Gasteiger partial charge on any atom is 0.231 e. The van der Waals surface area contributed by atoms with Gasteiger partial charge in [-0.3, -0.25) is 4.68 Å². The molecule has 1 saturated carbocycles. The van der Waals surface area contributed by atoms with Crippen LogP contribution in [0.15, 0.2) is 18.6 Å². The standard InChI is InChI=1S/C20H27FN8O/c1-2-29-9-13(7-23-29)24-20-26-18(25-16-8-22-6-5-15(16)21)17-14(12-3-4-12)10-28(11-30)19(17)27-20/h7,9-10,12,15-16,22,30H,2-6,8,11H2,1H3,(H2,24,25,26,27)/t15-,16+/m1/s1. The first-order valence-corrected chi connectivity index (χ1v) is 10.6. The third kappa shape index (κ3) is 3.61. The molecule has 3 aromatic heterocycles. The molecular formula is C20H27FN8O. The molecule has 1 saturated heterocycles. The van der Waals surface area contributed by atoms with Gasteiger partial charge in [-0.25, -0.2) is 4.39 Å². The highest BCUT2D eigenvalue weighted by Gasteiger charge is 2.32. The van der Waals surface area contributed by atoms with Gasteiger partial charge >= 0.3 is 0 Å². The van der Waals surface area contributed by atoms with Crippen molar-refractivity contribution in [3.8, 4) is 0 Å². The summed E-state index contributed by atoms with van der Waals surface area (Å²) in [5.41, 5.74) is 2.53. The first-order valence-electron chi connectivity index (χ1n) is 10.6. The van der Waals surface area contributed by atoms with E-state index in [1.807, 2.05) is 24.0 Å². The van der Waals surface area contributed by atoms with Gasteiger partial charge in [-0.2, -0.15) is 15.1 Å². The Labute approximate surface area is 173 Å². The molecule has 0 aromatic carbocycles. The second kappa shape index (κ2) is 7.84. The molecule has 0 spiro atoms. The lowest BCUT2D eigenvalue weighted by Gasteiger charge is -2.28. The fourth-order valence-corrected chi connectivity index (χ4v) is 4.06. The van der Waals surface area contributed by atoms with E-state index in [0.717, 1.165) is 36.0 Å². The molecule has 2 atom stereocenters. The number of aliphatic hydroxyl groups is 1. The predicted octanol–water partition coefficient (Wildman–Crippen LogP) is 2.33. The van der Waals surface area contributed by atoms with Crippen LogP contribution in [-0.2, 0) is 13.3 Å². The topological polar surface area (TPSA) is 105 Å². The maximum absolute atomic E-state index is 14.5. The summed E-state index contributed by atoms with van der Waals surface area (Å²) in [6.45, 7) is 3.82. The summed E-state index contributed by atoms with van der Waals surface area (Å²) < 4.78 is 18.1. The van der Waals surface area contributed by atoms with E-state index < -0.39 is 6.17 Å². The Morgan fingerprint density at radius 3 is 2.83 bits per heavy atom. The van der Waals surface area contributed by atoms with Gasteiger partial charge in [-0.1, -0.05) is 0 Å². The van der Waals surface area contributed by atoms with Gasteiger partial charge in [0.25, 0.3) is 0 Å². The quantitative estimate of drug-likeness (QED) is 0.470. The second-order valence-electron chi connectivity index (χ2n) is 8.03. The van der Waals surface area contributed by atoms with E-state index in [-0.39, 0.29) is 12.8 Å². The average Bonchev–Trinajstić information content (AvgIpc) is 3.38. The van der Waals surface area contributed by atoms with Gasteiger partial charge in [0.05, 0.1) is 23.3 Å². The molecule has 3 aromatic rings. The Hall–Kier alpha value is -2.72. The van der Waals surface area contributed by atoms with Crippen LogP contribution in [0.5, 0.6) is 0 Å². The Morgan fingerprint density at radius 2 is 2.13 bits per heavy atom. The summed E-state index contributed by atoms with van der Waals surface area (Å²) in [4.78, 5) is 9.39. The van der Waals surface area contributed by atoms with Crippen LogP contribution in [0, 0.1) is 0 Å². The van der Waals surface area contributed by atoms with Gasteiger partial charge in [0.1, 0.15) is 24.4 Å². The van der Waals surface area contributed by atoms with Gasteiger partial charge in [0.15, 0.2) is 0 Å². The SMILES string of the molecule is CCn1cc(Nc2nc(N[C@H]3CNCC[C@H]3F)c3c(C4CC4)cn(CO)c3n2)cn1. The van der Waals surface area contributed by atoms with E-state index in [1.165, 1.54) is 0 Å². The minimum Gasteiger partial charge on any atom is -0.376 e. The Balaban J connectivity index is 1.57. The summed E-state index contributed by atoms with van der Waals surface area (Å²) in [5, 5.41) is 24.8. The number of nitrogens with zero attached hydrogens (tertiary/aromatic N) is 5. The van der Waals surface area contributed by atoms with E-state index in [4.69, 9.17) is 4.98 Å². The Morgan fingerprint density at radius 1 is 1.27 bits per heavy atom. The number of aliphatic hydroxyl groups excluding tert-OH is 1. The van der Waals surface area contributed by atoms with Crippen molar-refractivity contribution >= 4 is 28.5 Å². The largest absolute Gasteiger partial charge is 0.376 e. The van der Waals surface area contributed by atoms with Crippen LogP contribution in [0.2, 0.25) is 0 Å². The van der Waals surface area contributed by atoms with Crippen LogP contribution in [0.25, 0.3) is 11.0 Å². The van der Waals surface area contributed by atoms with Crippen molar-refractivity contribution in [3.05, 3.63) is 24.2 Å². The Bertz CT molecular complexity index is 1040. The average molecular weight is 414 g/mol. The number of aryl methyl sites for hydroxylation is 1. The van der Waals surface area contributed by atoms with Crippen LogP contribution in [0.4, 0.5) is 21.8 Å². The minimum atomic E-state index is -0.945. The van der Waals surface area contributed by atoms with Crippen LogP contribution in [-0.4, -0.2) is 54.7 Å². The molecule has 2 aliphatic rings. The number of fused-ring (bicyclic) bond motifs is 1. The Kier molecular flexibility index (Phi) is 5.03. The zero-order valence-corrected chi connectivity index (χ0v) is 17.0. The number of alkyl halides is 1. The fourth-order valence-electron chi connectivity index (χ4n) is 4.06. The molecule has 5 rings (SSSR count). The molecular weight excluding hydrogens is 387 g/mol. The number of nitrogens with one attached hydrogen (secondary N) is 3. The highest BCUT2D eigenvalue weighted by atomic mass is 19.1. The number of rotatable bonds is 7. The lowest BCUT2D eigenvalue weighted by atomic mass is 10.0. The van der Waals surface area contributed by atoms with Gasteiger partial charge in [-0.05, 0) is 44.2 Å². The number of aromatic nitrogens is 5. The molecule has 10 heteroatoms. The normalized spacial score (nSPS) is 21.8. The molecule has 160 valence electrons. The van der Waals surface area contributed by atoms with Gasteiger partial charge < -0.3 is 25.6 Å². The molecule has 0 unspecified atom stereocenters. The first-order chi connectivity index (χ1) is 14.7. The molecule has 9 nitrogen and oxygen atoms in total. The highest BCUT2D eigenvalue weighted by Crippen LogP contribution is 2.45. The first kappa shape index (κ1) is 19.3. The number of halogens is 1.